The van der Waals surface area contributed by atoms with Gasteiger partial charge in [-0.25, -0.2) is 13.2 Å². The maximum Gasteiger partial charge on any atom is 0.317 e. The standard InChI is InChI=1S/C20H30N4O3S/c1-20(2,3)10-6-7-11-22-19(25)23-12-14-24(15-13-23)28(26,27)18-9-5-4-8-17(18)16-21/h4-5,8-9H,6-7,10-15H2,1-3H3,(H,22,25). The zero-order chi connectivity index (χ0) is 20.8. The number of nitriles is 1. The van der Waals surface area contributed by atoms with Crippen molar-refractivity contribution in [1.29, 1.82) is 5.26 Å². The average molecular weight is 407 g/mol. The topological polar surface area (TPSA) is 93.5 Å². The van der Waals surface area contributed by atoms with Gasteiger partial charge >= 0.3 is 6.03 Å². The Hall–Kier alpha value is -2.11. The number of benzene rings is 1. The minimum absolute atomic E-state index is 0.0225. The van der Waals surface area contributed by atoms with Crippen LogP contribution in [0.4, 0.5) is 4.79 Å². The van der Waals surface area contributed by atoms with Gasteiger partial charge in [0.05, 0.1) is 10.5 Å². The molecule has 28 heavy (non-hydrogen) atoms. The van der Waals surface area contributed by atoms with Crippen LogP contribution < -0.4 is 5.32 Å². The minimum atomic E-state index is -3.74. The lowest BCUT2D eigenvalue weighted by molar-refractivity contribution is 0.172. The number of hydrogen-bond acceptors (Lipinski definition) is 4. The summed E-state index contributed by atoms with van der Waals surface area (Å²) in [7, 11) is -3.74. The van der Waals surface area contributed by atoms with E-state index < -0.39 is 10.0 Å². The van der Waals surface area contributed by atoms with Gasteiger partial charge in [-0.15, -0.1) is 0 Å². The van der Waals surface area contributed by atoms with E-state index in [1.54, 1.807) is 17.0 Å². The fraction of sp³-hybridized carbons (Fsp3) is 0.600. The number of nitrogens with zero attached hydrogens (tertiary/aromatic N) is 3. The molecule has 2 rings (SSSR count). The summed E-state index contributed by atoms with van der Waals surface area (Å²) < 4.78 is 27.0. The molecule has 1 aromatic rings. The van der Waals surface area contributed by atoms with Crippen LogP contribution in [0.15, 0.2) is 29.2 Å². The molecule has 0 spiro atoms. The predicted molar refractivity (Wildman–Crippen MR) is 108 cm³/mol. The van der Waals surface area contributed by atoms with E-state index in [0.717, 1.165) is 19.3 Å². The van der Waals surface area contributed by atoms with Crippen molar-refractivity contribution < 1.29 is 13.2 Å². The van der Waals surface area contributed by atoms with Gasteiger partial charge in [0.2, 0.25) is 10.0 Å². The molecule has 0 bridgehead atoms. The van der Waals surface area contributed by atoms with Gasteiger partial charge in [-0.1, -0.05) is 39.3 Å². The largest absolute Gasteiger partial charge is 0.338 e. The van der Waals surface area contributed by atoms with Gasteiger partial charge in [-0.3, -0.25) is 0 Å². The summed E-state index contributed by atoms with van der Waals surface area (Å²) in [5.41, 5.74) is 0.439. The number of rotatable bonds is 6. The molecule has 1 aliphatic heterocycles. The molecule has 1 saturated heterocycles. The van der Waals surface area contributed by atoms with Crippen LogP contribution in [-0.2, 0) is 10.0 Å². The van der Waals surface area contributed by atoms with Gasteiger partial charge in [-0.2, -0.15) is 9.57 Å². The third-order valence-electron chi connectivity index (χ3n) is 4.78. The van der Waals surface area contributed by atoms with Crippen molar-refractivity contribution in [3.8, 4) is 6.07 Å². The molecule has 1 fully saturated rings. The monoisotopic (exact) mass is 406 g/mol. The average Bonchev–Trinajstić information content (AvgIpc) is 2.66. The van der Waals surface area contributed by atoms with Crippen molar-refractivity contribution in [3.05, 3.63) is 29.8 Å². The van der Waals surface area contributed by atoms with Gasteiger partial charge in [-0.05, 0) is 30.4 Å². The first-order valence-electron chi connectivity index (χ1n) is 9.67. The molecule has 0 saturated carbocycles. The van der Waals surface area contributed by atoms with E-state index in [-0.39, 0.29) is 29.6 Å². The molecule has 0 radical (unpaired) electrons. The summed E-state index contributed by atoms with van der Waals surface area (Å²) in [5.74, 6) is 0. The number of carbonyl (C=O) groups is 1. The van der Waals surface area contributed by atoms with Gasteiger partial charge in [0.25, 0.3) is 0 Å². The van der Waals surface area contributed by atoms with Crippen molar-refractivity contribution in [2.75, 3.05) is 32.7 Å². The van der Waals surface area contributed by atoms with Crippen molar-refractivity contribution in [1.82, 2.24) is 14.5 Å². The van der Waals surface area contributed by atoms with Crippen LogP contribution in [0.1, 0.15) is 45.6 Å². The minimum Gasteiger partial charge on any atom is -0.338 e. The third-order valence-corrected chi connectivity index (χ3v) is 6.74. The van der Waals surface area contributed by atoms with E-state index in [9.17, 15) is 13.2 Å². The summed E-state index contributed by atoms with van der Waals surface area (Å²) in [6.45, 7) is 8.35. The Kier molecular flexibility index (Phi) is 7.44. The van der Waals surface area contributed by atoms with E-state index in [1.807, 2.05) is 6.07 Å². The summed E-state index contributed by atoms with van der Waals surface area (Å²) in [5, 5.41) is 12.1. The van der Waals surface area contributed by atoms with Crippen molar-refractivity contribution in [2.24, 2.45) is 5.41 Å². The Bertz CT molecular complexity index is 817. The molecular formula is C20H30N4O3S. The molecule has 7 nitrogen and oxygen atoms in total. The predicted octanol–water partition coefficient (Wildman–Crippen LogP) is 2.79. The number of nitrogens with one attached hydrogen (secondary N) is 1. The van der Waals surface area contributed by atoms with Crippen molar-refractivity contribution >= 4 is 16.1 Å². The second-order valence-corrected chi connectivity index (χ2v) is 10.2. The summed E-state index contributed by atoms with van der Waals surface area (Å²) >= 11 is 0. The fourth-order valence-electron chi connectivity index (χ4n) is 3.14. The zero-order valence-corrected chi connectivity index (χ0v) is 17.8. The molecule has 1 N–H and O–H groups in total. The Balaban J connectivity index is 1.84. The number of carbonyl (C=O) groups excluding carboxylic acids is 1. The first-order chi connectivity index (χ1) is 13.1. The lowest BCUT2D eigenvalue weighted by Crippen LogP contribution is -2.53. The summed E-state index contributed by atoms with van der Waals surface area (Å²) in [6, 6.07) is 7.98. The second-order valence-electron chi connectivity index (χ2n) is 8.25. The first kappa shape index (κ1) is 22.2. The smallest absolute Gasteiger partial charge is 0.317 e. The summed E-state index contributed by atoms with van der Waals surface area (Å²) in [6.07, 6.45) is 3.11. The molecule has 0 aliphatic carbocycles. The highest BCUT2D eigenvalue weighted by atomic mass is 32.2. The Morgan fingerprint density at radius 2 is 1.79 bits per heavy atom. The molecule has 1 heterocycles. The first-order valence-corrected chi connectivity index (χ1v) is 11.1. The van der Waals surface area contributed by atoms with Crippen LogP contribution in [0.25, 0.3) is 0 Å². The number of sulfonamides is 1. The summed E-state index contributed by atoms with van der Waals surface area (Å²) in [4.78, 5) is 14.0. The highest BCUT2D eigenvalue weighted by molar-refractivity contribution is 7.89. The van der Waals surface area contributed by atoms with E-state index in [4.69, 9.17) is 5.26 Å². The lowest BCUT2D eigenvalue weighted by Gasteiger charge is -2.34. The maximum atomic E-state index is 12.8. The van der Waals surface area contributed by atoms with E-state index in [2.05, 4.69) is 26.1 Å². The van der Waals surface area contributed by atoms with E-state index in [1.165, 1.54) is 16.4 Å². The molecule has 0 unspecified atom stereocenters. The van der Waals surface area contributed by atoms with Gasteiger partial charge in [0.1, 0.15) is 6.07 Å². The van der Waals surface area contributed by atoms with Crippen molar-refractivity contribution in [2.45, 2.75) is 44.9 Å². The molecule has 1 aromatic carbocycles. The molecule has 2 amide bonds. The quantitative estimate of drug-likeness (QED) is 0.735. The van der Waals surface area contributed by atoms with Crippen LogP contribution >= 0.6 is 0 Å². The molecule has 0 atom stereocenters. The highest BCUT2D eigenvalue weighted by Gasteiger charge is 2.31. The zero-order valence-electron chi connectivity index (χ0n) is 16.9. The van der Waals surface area contributed by atoms with E-state index >= 15 is 0 Å². The number of piperazine rings is 1. The van der Waals surface area contributed by atoms with Crippen LogP contribution in [0.3, 0.4) is 0 Å². The second kappa shape index (κ2) is 9.39. The van der Waals surface area contributed by atoms with Gasteiger partial charge in [0, 0.05) is 32.7 Å². The SMILES string of the molecule is CC(C)(C)CCCCNC(=O)N1CCN(S(=O)(=O)c2ccccc2C#N)CC1. The van der Waals surface area contributed by atoms with Crippen LogP contribution in [-0.4, -0.2) is 56.4 Å². The number of hydrogen-bond donors (Lipinski definition) is 1. The molecule has 0 aromatic heterocycles. The maximum absolute atomic E-state index is 12.8. The molecule has 154 valence electrons. The van der Waals surface area contributed by atoms with Crippen molar-refractivity contribution in [3.63, 3.8) is 0 Å². The number of amides is 2. The van der Waals surface area contributed by atoms with Crippen LogP contribution in [0, 0.1) is 16.7 Å². The Morgan fingerprint density at radius 3 is 2.39 bits per heavy atom. The lowest BCUT2D eigenvalue weighted by atomic mass is 9.90. The fourth-order valence-corrected chi connectivity index (χ4v) is 4.71. The molecular weight excluding hydrogens is 376 g/mol. The molecule has 8 heteroatoms. The Morgan fingerprint density at radius 1 is 1.14 bits per heavy atom. The highest BCUT2D eigenvalue weighted by Crippen LogP contribution is 2.22. The number of urea groups is 1. The van der Waals surface area contributed by atoms with E-state index in [0.29, 0.717) is 25.0 Å². The number of unbranched alkanes of at least 4 members (excludes halogenated alkanes) is 1. The Labute approximate surface area is 168 Å². The van der Waals surface area contributed by atoms with Gasteiger partial charge in [0.15, 0.2) is 0 Å². The normalized spacial score (nSPS) is 15.9. The van der Waals surface area contributed by atoms with Gasteiger partial charge < -0.3 is 10.2 Å². The molecule has 1 aliphatic rings. The van der Waals surface area contributed by atoms with Crippen LogP contribution in [0.2, 0.25) is 0 Å². The third kappa shape index (κ3) is 5.94. The van der Waals surface area contributed by atoms with Crippen LogP contribution in [0.5, 0.6) is 0 Å².